The Morgan fingerprint density at radius 1 is 1.35 bits per heavy atom. The van der Waals surface area contributed by atoms with Crippen molar-refractivity contribution in [3.05, 3.63) is 27.1 Å². The molecular formula is C11H11Br2NO2S. The summed E-state index contributed by atoms with van der Waals surface area (Å²) in [4.78, 5) is 0.215. The predicted octanol–water partition coefficient (Wildman–Crippen LogP) is 2.90. The lowest BCUT2D eigenvalue weighted by atomic mass is 10.3. The molecule has 3 nitrogen and oxygen atoms in total. The Morgan fingerprint density at radius 3 is 2.71 bits per heavy atom. The highest BCUT2D eigenvalue weighted by Gasteiger charge is 2.17. The van der Waals surface area contributed by atoms with E-state index >= 15 is 0 Å². The number of hydrogen-bond acceptors (Lipinski definition) is 2. The van der Waals surface area contributed by atoms with Gasteiger partial charge in [0.2, 0.25) is 10.0 Å². The first-order valence-corrected chi connectivity index (χ1v) is 7.92. The van der Waals surface area contributed by atoms with Crippen molar-refractivity contribution in [3.8, 4) is 12.3 Å². The van der Waals surface area contributed by atoms with E-state index in [4.69, 9.17) is 6.42 Å². The van der Waals surface area contributed by atoms with Crippen LogP contribution in [0.25, 0.3) is 0 Å². The maximum atomic E-state index is 12.0. The topological polar surface area (TPSA) is 46.2 Å². The summed E-state index contributed by atoms with van der Waals surface area (Å²) >= 11 is 6.46. The summed E-state index contributed by atoms with van der Waals surface area (Å²) in [5, 5.41) is 0. The molecule has 0 bridgehead atoms. The van der Waals surface area contributed by atoms with E-state index in [1.165, 1.54) is 0 Å². The number of sulfonamides is 1. The van der Waals surface area contributed by atoms with Crippen LogP contribution in [0.2, 0.25) is 0 Å². The lowest BCUT2D eigenvalue weighted by Crippen LogP contribution is -2.25. The Morgan fingerprint density at radius 2 is 2.06 bits per heavy atom. The van der Waals surface area contributed by atoms with E-state index in [0.29, 0.717) is 28.3 Å². The zero-order valence-electron chi connectivity index (χ0n) is 8.91. The van der Waals surface area contributed by atoms with Crippen molar-refractivity contribution in [1.82, 2.24) is 4.72 Å². The lowest BCUT2D eigenvalue weighted by Gasteiger charge is -2.08. The number of benzene rings is 1. The van der Waals surface area contributed by atoms with Crippen LogP contribution in [0.4, 0.5) is 0 Å². The molecule has 0 saturated carbocycles. The molecule has 0 saturated heterocycles. The van der Waals surface area contributed by atoms with Gasteiger partial charge in [0.25, 0.3) is 0 Å². The van der Waals surface area contributed by atoms with E-state index in [1.54, 1.807) is 18.2 Å². The van der Waals surface area contributed by atoms with Crippen LogP contribution in [0.1, 0.15) is 12.8 Å². The van der Waals surface area contributed by atoms with E-state index < -0.39 is 10.0 Å². The fourth-order valence-electron chi connectivity index (χ4n) is 1.16. The van der Waals surface area contributed by atoms with Crippen LogP contribution in [0, 0.1) is 12.3 Å². The number of hydrogen-bond donors (Lipinski definition) is 1. The first-order valence-electron chi connectivity index (χ1n) is 4.85. The molecule has 0 aromatic heterocycles. The zero-order valence-corrected chi connectivity index (χ0v) is 12.9. The van der Waals surface area contributed by atoms with Crippen LogP contribution in [0.15, 0.2) is 32.0 Å². The van der Waals surface area contributed by atoms with Crippen molar-refractivity contribution in [3.63, 3.8) is 0 Å². The third kappa shape index (κ3) is 4.43. The average Bonchev–Trinajstić information content (AvgIpc) is 2.28. The van der Waals surface area contributed by atoms with Crippen molar-refractivity contribution >= 4 is 41.9 Å². The standard InChI is InChI=1S/C11H11Br2NO2S/c1-2-3-4-7-14-17(15,16)11-8-9(12)5-6-10(11)13/h1,5-6,8,14H,3-4,7H2. The molecule has 0 fully saturated rings. The number of nitrogens with one attached hydrogen (secondary N) is 1. The van der Waals surface area contributed by atoms with Crippen LogP contribution in [0.5, 0.6) is 0 Å². The van der Waals surface area contributed by atoms with E-state index in [1.807, 2.05) is 0 Å². The van der Waals surface area contributed by atoms with Crippen molar-refractivity contribution in [1.29, 1.82) is 0 Å². The minimum atomic E-state index is -3.49. The predicted molar refractivity (Wildman–Crippen MR) is 75.1 cm³/mol. The molecule has 17 heavy (non-hydrogen) atoms. The smallest absolute Gasteiger partial charge is 0.211 e. The molecule has 1 N–H and O–H groups in total. The SMILES string of the molecule is C#CCCCNS(=O)(=O)c1cc(Br)ccc1Br. The monoisotopic (exact) mass is 379 g/mol. The highest BCUT2D eigenvalue weighted by molar-refractivity contribution is 9.11. The van der Waals surface area contributed by atoms with Gasteiger partial charge in [-0.15, -0.1) is 12.3 Å². The van der Waals surface area contributed by atoms with Crippen LogP contribution in [-0.2, 0) is 10.0 Å². The fourth-order valence-corrected chi connectivity index (χ4v) is 3.73. The van der Waals surface area contributed by atoms with Gasteiger partial charge >= 0.3 is 0 Å². The van der Waals surface area contributed by atoms with Crippen molar-refractivity contribution in [2.45, 2.75) is 17.7 Å². The molecule has 0 atom stereocenters. The van der Waals surface area contributed by atoms with Gasteiger partial charge in [-0.25, -0.2) is 13.1 Å². The lowest BCUT2D eigenvalue weighted by molar-refractivity contribution is 0.579. The quantitative estimate of drug-likeness (QED) is 0.630. The largest absolute Gasteiger partial charge is 0.241 e. The second-order valence-electron chi connectivity index (χ2n) is 3.28. The van der Waals surface area contributed by atoms with Crippen LogP contribution in [-0.4, -0.2) is 15.0 Å². The van der Waals surface area contributed by atoms with Crippen LogP contribution in [0.3, 0.4) is 0 Å². The average molecular weight is 381 g/mol. The molecule has 0 amide bonds. The van der Waals surface area contributed by atoms with Gasteiger partial charge in [-0.3, -0.25) is 0 Å². The minimum absolute atomic E-state index is 0.215. The van der Waals surface area contributed by atoms with E-state index in [0.717, 1.165) is 0 Å². The van der Waals surface area contributed by atoms with E-state index in [9.17, 15) is 8.42 Å². The summed E-state index contributed by atoms with van der Waals surface area (Å²) in [6, 6.07) is 5.00. The number of halogens is 2. The van der Waals surface area contributed by atoms with Gasteiger partial charge < -0.3 is 0 Å². The molecular weight excluding hydrogens is 370 g/mol. The maximum Gasteiger partial charge on any atom is 0.241 e. The number of terminal acetylenes is 1. The molecule has 1 aromatic rings. The maximum absolute atomic E-state index is 12.0. The van der Waals surface area contributed by atoms with Gasteiger partial charge in [-0.05, 0) is 40.5 Å². The summed E-state index contributed by atoms with van der Waals surface area (Å²) in [5.41, 5.74) is 0. The summed E-state index contributed by atoms with van der Waals surface area (Å²) in [6.07, 6.45) is 6.28. The normalized spacial score (nSPS) is 11.1. The molecule has 0 spiro atoms. The van der Waals surface area contributed by atoms with Crippen molar-refractivity contribution in [2.24, 2.45) is 0 Å². The molecule has 1 rings (SSSR count). The summed E-state index contributed by atoms with van der Waals surface area (Å²) < 4.78 is 27.7. The number of unbranched alkanes of at least 4 members (excludes halogenated alkanes) is 1. The Balaban J connectivity index is 2.83. The van der Waals surface area contributed by atoms with Crippen LogP contribution < -0.4 is 4.72 Å². The zero-order chi connectivity index (χ0) is 12.9. The Labute approximate surface area is 118 Å². The Hall–Kier alpha value is -0.350. The summed E-state index contributed by atoms with van der Waals surface area (Å²) in [5.74, 6) is 2.46. The Kier molecular flexibility index (Phi) is 5.67. The van der Waals surface area contributed by atoms with Crippen molar-refractivity contribution in [2.75, 3.05) is 6.54 Å². The van der Waals surface area contributed by atoms with Gasteiger partial charge in [0.05, 0.1) is 4.90 Å². The molecule has 0 aliphatic heterocycles. The molecule has 0 radical (unpaired) electrons. The Bertz CT molecular complexity index is 535. The third-order valence-corrected chi connectivity index (χ3v) is 4.92. The molecule has 0 unspecified atom stereocenters. The molecule has 92 valence electrons. The van der Waals surface area contributed by atoms with Gasteiger partial charge in [-0.1, -0.05) is 15.9 Å². The summed E-state index contributed by atoms with van der Waals surface area (Å²) in [7, 11) is -3.49. The van der Waals surface area contributed by atoms with Crippen molar-refractivity contribution < 1.29 is 8.42 Å². The molecule has 1 aromatic carbocycles. The first-order chi connectivity index (χ1) is 7.97. The molecule has 6 heteroatoms. The molecule has 0 aliphatic rings. The fraction of sp³-hybridized carbons (Fsp3) is 0.273. The van der Waals surface area contributed by atoms with E-state index in [2.05, 4.69) is 42.5 Å². The second kappa shape index (κ2) is 6.55. The summed E-state index contributed by atoms with van der Waals surface area (Å²) in [6.45, 7) is 0.339. The first kappa shape index (κ1) is 14.7. The number of rotatable bonds is 5. The molecule has 0 heterocycles. The molecule has 0 aliphatic carbocycles. The van der Waals surface area contributed by atoms with Gasteiger partial charge in [-0.2, -0.15) is 0 Å². The van der Waals surface area contributed by atoms with Gasteiger partial charge in [0.15, 0.2) is 0 Å². The second-order valence-corrected chi connectivity index (χ2v) is 6.79. The van der Waals surface area contributed by atoms with Crippen LogP contribution >= 0.6 is 31.9 Å². The van der Waals surface area contributed by atoms with E-state index in [-0.39, 0.29) is 4.90 Å². The minimum Gasteiger partial charge on any atom is -0.211 e. The van der Waals surface area contributed by atoms with Gasteiger partial charge in [0.1, 0.15) is 0 Å². The third-order valence-electron chi connectivity index (χ3n) is 1.97. The van der Waals surface area contributed by atoms with Gasteiger partial charge in [0, 0.05) is 21.9 Å². The highest BCUT2D eigenvalue weighted by atomic mass is 79.9. The highest BCUT2D eigenvalue weighted by Crippen LogP contribution is 2.25.